The van der Waals surface area contributed by atoms with Gasteiger partial charge in [0.1, 0.15) is 13.1 Å². The quantitative estimate of drug-likeness (QED) is 0.447. The summed E-state index contributed by atoms with van der Waals surface area (Å²) in [6.07, 6.45) is 0. The molecule has 0 saturated carbocycles. The van der Waals surface area contributed by atoms with Crippen LogP contribution in [0.2, 0.25) is 0 Å². The molecule has 0 N–H and O–H groups in total. The zero-order valence-electron chi connectivity index (χ0n) is 6.87. The van der Waals surface area contributed by atoms with Crippen LogP contribution < -0.4 is 0 Å². The Bertz CT molecular complexity index is 253. The molecule has 0 atom stereocenters. The zero-order valence-corrected chi connectivity index (χ0v) is 6.87. The van der Waals surface area contributed by atoms with Gasteiger partial charge in [0.15, 0.2) is 0 Å². The summed E-state index contributed by atoms with van der Waals surface area (Å²) in [6.45, 7) is 4.84. The molecule has 0 radical (unpaired) electrons. The van der Waals surface area contributed by atoms with Crippen LogP contribution in [0.15, 0.2) is 12.2 Å². The van der Waals surface area contributed by atoms with Crippen molar-refractivity contribution in [1.29, 1.82) is 10.5 Å². The molecule has 0 heterocycles. The standard InChI is InChI=1S/C8H9N3O/c1-7(2)8(12)11(5-3-9)6-4-10/h1,5-6H2,2H3. The maximum atomic E-state index is 11.1. The van der Waals surface area contributed by atoms with Gasteiger partial charge in [-0.2, -0.15) is 10.5 Å². The lowest BCUT2D eigenvalue weighted by Crippen LogP contribution is -2.32. The molecule has 0 saturated heterocycles. The number of rotatable bonds is 3. The smallest absolute Gasteiger partial charge is 0.250 e. The van der Waals surface area contributed by atoms with Crippen molar-refractivity contribution in [3.8, 4) is 12.1 Å². The van der Waals surface area contributed by atoms with Gasteiger partial charge in [0.25, 0.3) is 5.91 Å². The normalized spacial score (nSPS) is 7.92. The van der Waals surface area contributed by atoms with E-state index in [0.717, 1.165) is 4.90 Å². The highest BCUT2D eigenvalue weighted by molar-refractivity contribution is 5.92. The van der Waals surface area contributed by atoms with E-state index in [1.165, 1.54) is 0 Å². The van der Waals surface area contributed by atoms with Crippen LogP contribution in [0.4, 0.5) is 0 Å². The van der Waals surface area contributed by atoms with Crippen molar-refractivity contribution in [2.45, 2.75) is 6.92 Å². The molecule has 0 aromatic heterocycles. The Kier molecular flexibility index (Phi) is 4.18. The summed E-state index contributed by atoms with van der Waals surface area (Å²) in [7, 11) is 0. The third kappa shape index (κ3) is 2.85. The van der Waals surface area contributed by atoms with Crippen LogP contribution in [0, 0.1) is 22.7 Å². The van der Waals surface area contributed by atoms with E-state index in [1.54, 1.807) is 19.1 Å². The van der Waals surface area contributed by atoms with Gasteiger partial charge in [-0.15, -0.1) is 0 Å². The van der Waals surface area contributed by atoms with Gasteiger partial charge in [0.05, 0.1) is 12.1 Å². The van der Waals surface area contributed by atoms with Crippen molar-refractivity contribution in [3.05, 3.63) is 12.2 Å². The molecule has 0 bridgehead atoms. The fourth-order valence-electron chi connectivity index (χ4n) is 0.640. The van der Waals surface area contributed by atoms with Crippen LogP contribution >= 0.6 is 0 Å². The second-order valence-corrected chi connectivity index (χ2v) is 2.26. The predicted molar refractivity (Wildman–Crippen MR) is 42.6 cm³/mol. The van der Waals surface area contributed by atoms with Gasteiger partial charge in [-0.1, -0.05) is 6.58 Å². The first-order chi connectivity index (χ1) is 5.63. The first-order valence-corrected chi connectivity index (χ1v) is 3.32. The minimum atomic E-state index is -0.349. The lowest BCUT2D eigenvalue weighted by molar-refractivity contribution is -0.125. The number of carbonyl (C=O) groups is 1. The molecule has 4 heteroatoms. The van der Waals surface area contributed by atoms with Crippen molar-refractivity contribution in [2.75, 3.05) is 13.1 Å². The monoisotopic (exact) mass is 163 g/mol. The van der Waals surface area contributed by atoms with Gasteiger partial charge in [0, 0.05) is 5.57 Å². The summed E-state index contributed by atoms with van der Waals surface area (Å²) in [5.74, 6) is -0.349. The molecular weight excluding hydrogens is 154 g/mol. The Balaban J connectivity index is 4.33. The molecule has 12 heavy (non-hydrogen) atoms. The number of amides is 1. The fraction of sp³-hybridized carbons (Fsp3) is 0.375. The Morgan fingerprint density at radius 3 is 2.08 bits per heavy atom. The zero-order chi connectivity index (χ0) is 9.56. The molecule has 0 aliphatic rings. The van der Waals surface area contributed by atoms with Crippen LogP contribution in [-0.4, -0.2) is 23.9 Å². The van der Waals surface area contributed by atoms with E-state index in [4.69, 9.17) is 10.5 Å². The van der Waals surface area contributed by atoms with Crippen molar-refractivity contribution in [1.82, 2.24) is 4.90 Å². The van der Waals surface area contributed by atoms with Crippen LogP contribution in [0.1, 0.15) is 6.92 Å². The van der Waals surface area contributed by atoms with Crippen molar-refractivity contribution in [2.24, 2.45) is 0 Å². The molecule has 0 unspecified atom stereocenters. The van der Waals surface area contributed by atoms with E-state index in [0.29, 0.717) is 5.57 Å². The van der Waals surface area contributed by atoms with E-state index in [2.05, 4.69) is 6.58 Å². The molecule has 0 rings (SSSR count). The van der Waals surface area contributed by atoms with E-state index < -0.39 is 0 Å². The summed E-state index contributed by atoms with van der Waals surface area (Å²) in [5.41, 5.74) is 0.334. The first kappa shape index (κ1) is 10.2. The van der Waals surface area contributed by atoms with Crippen LogP contribution in [-0.2, 0) is 4.79 Å². The second kappa shape index (κ2) is 4.92. The van der Waals surface area contributed by atoms with Gasteiger partial charge in [-0.25, -0.2) is 0 Å². The lowest BCUT2D eigenvalue weighted by atomic mass is 10.3. The lowest BCUT2D eigenvalue weighted by Gasteiger charge is -2.14. The highest BCUT2D eigenvalue weighted by Gasteiger charge is 2.12. The molecule has 4 nitrogen and oxygen atoms in total. The average Bonchev–Trinajstić information content (AvgIpc) is 2.03. The van der Waals surface area contributed by atoms with E-state index in [1.807, 2.05) is 0 Å². The van der Waals surface area contributed by atoms with Crippen LogP contribution in [0.5, 0.6) is 0 Å². The van der Waals surface area contributed by atoms with Gasteiger partial charge in [-0.05, 0) is 6.92 Å². The number of nitriles is 2. The third-order valence-corrected chi connectivity index (χ3v) is 1.18. The van der Waals surface area contributed by atoms with Crippen LogP contribution in [0.25, 0.3) is 0 Å². The Morgan fingerprint density at radius 2 is 1.83 bits per heavy atom. The molecule has 62 valence electrons. The molecule has 1 amide bonds. The maximum absolute atomic E-state index is 11.1. The molecule has 0 aromatic carbocycles. The summed E-state index contributed by atoms with van der Waals surface area (Å²) in [6, 6.07) is 3.60. The van der Waals surface area contributed by atoms with Gasteiger partial charge >= 0.3 is 0 Å². The summed E-state index contributed by atoms with van der Waals surface area (Å²) in [4.78, 5) is 12.3. The van der Waals surface area contributed by atoms with Gasteiger partial charge < -0.3 is 4.90 Å². The molecule has 0 spiro atoms. The largest absolute Gasteiger partial charge is 0.312 e. The topological polar surface area (TPSA) is 67.9 Å². The second-order valence-electron chi connectivity index (χ2n) is 2.26. The van der Waals surface area contributed by atoms with Crippen molar-refractivity contribution in [3.63, 3.8) is 0 Å². The van der Waals surface area contributed by atoms with Crippen molar-refractivity contribution >= 4 is 5.91 Å². The minimum absolute atomic E-state index is 0.0702. The first-order valence-electron chi connectivity index (χ1n) is 3.32. The SMILES string of the molecule is C=C(C)C(=O)N(CC#N)CC#N. The predicted octanol–water partition coefficient (Wildman–Crippen LogP) is 0.438. The highest BCUT2D eigenvalue weighted by Crippen LogP contribution is 1.96. The van der Waals surface area contributed by atoms with E-state index in [-0.39, 0.29) is 19.0 Å². The van der Waals surface area contributed by atoms with Crippen molar-refractivity contribution < 1.29 is 4.79 Å². The third-order valence-electron chi connectivity index (χ3n) is 1.18. The van der Waals surface area contributed by atoms with E-state index >= 15 is 0 Å². The Labute approximate surface area is 71.3 Å². The summed E-state index contributed by atoms with van der Waals surface area (Å²) in [5, 5.41) is 16.6. The molecule has 0 aliphatic carbocycles. The van der Waals surface area contributed by atoms with Gasteiger partial charge in [0.2, 0.25) is 0 Å². The minimum Gasteiger partial charge on any atom is -0.312 e. The van der Waals surface area contributed by atoms with Crippen LogP contribution in [0.3, 0.4) is 0 Å². The Hall–Kier alpha value is -1.81. The summed E-state index contributed by atoms with van der Waals surface area (Å²) < 4.78 is 0. The molecule has 0 aliphatic heterocycles. The maximum Gasteiger partial charge on any atom is 0.250 e. The Morgan fingerprint density at radius 1 is 1.42 bits per heavy atom. The number of carbonyl (C=O) groups excluding carboxylic acids is 1. The number of nitrogens with zero attached hydrogens (tertiary/aromatic N) is 3. The number of hydrogen-bond donors (Lipinski definition) is 0. The summed E-state index contributed by atoms with van der Waals surface area (Å²) >= 11 is 0. The molecular formula is C8H9N3O. The average molecular weight is 163 g/mol. The highest BCUT2D eigenvalue weighted by atomic mass is 16.2. The molecule has 0 aromatic rings. The fourth-order valence-corrected chi connectivity index (χ4v) is 0.640. The van der Waals surface area contributed by atoms with Gasteiger partial charge in [-0.3, -0.25) is 4.79 Å². The van der Waals surface area contributed by atoms with E-state index in [9.17, 15) is 4.79 Å². The number of hydrogen-bond acceptors (Lipinski definition) is 3. The molecule has 0 fully saturated rings.